The van der Waals surface area contributed by atoms with E-state index in [-0.39, 0.29) is 0 Å². The van der Waals surface area contributed by atoms with Gasteiger partial charge in [0.1, 0.15) is 0 Å². The van der Waals surface area contributed by atoms with Gasteiger partial charge in [-0.15, -0.1) is 5.92 Å². The summed E-state index contributed by atoms with van der Waals surface area (Å²) in [5.41, 5.74) is 0. The maximum Gasteiger partial charge on any atom is 0.0200 e. The van der Waals surface area contributed by atoms with Gasteiger partial charge in [0.2, 0.25) is 0 Å². The molecular weight excluding hydrogens is 360 g/mol. The van der Waals surface area contributed by atoms with Crippen molar-refractivity contribution in [2.75, 3.05) is 0 Å². The fraction of sp³-hybridized carbons (Fsp3) is 0.867. The Kier molecular flexibility index (Phi) is 24.5. The summed E-state index contributed by atoms with van der Waals surface area (Å²) < 4.78 is 0. The van der Waals surface area contributed by atoms with Crippen molar-refractivity contribution in [3.63, 3.8) is 0 Å². The molecule has 0 aliphatic carbocycles. The summed E-state index contributed by atoms with van der Waals surface area (Å²) in [6, 6.07) is 0. The summed E-state index contributed by atoms with van der Waals surface area (Å²) in [6.45, 7) is 12.4. The second-order valence-electron chi connectivity index (χ2n) is 9.47. The van der Waals surface area contributed by atoms with Crippen molar-refractivity contribution in [3.8, 4) is 11.8 Å². The van der Waals surface area contributed by atoms with E-state index in [1.807, 2.05) is 0 Å². The first-order chi connectivity index (χ1) is 14.8. The molecule has 0 aromatic carbocycles. The highest BCUT2D eigenvalue weighted by atomic mass is 14.1. The standard InChI is InChI=1S/C30H56/c1-5-9-11-12-13-16-19-23-27-30(8-4)28-24-21-18-15-14-17-20-22-26-29(7-3)25-10-6-2/h29-30H,1-2,5-9,11-24,26-28H2,3-4H3. The van der Waals surface area contributed by atoms with Crippen LogP contribution < -0.4 is 0 Å². The molecule has 0 aliphatic rings. The molecule has 0 heterocycles. The van der Waals surface area contributed by atoms with Crippen molar-refractivity contribution in [1.82, 2.24) is 0 Å². The van der Waals surface area contributed by atoms with Crippen LogP contribution in [0.1, 0.15) is 155 Å². The number of hydrogen-bond acceptors (Lipinski definition) is 0. The van der Waals surface area contributed by atoms with Crippen molar-refractivity contribution < 1.29 is 0 Å². The van der Waals surface area contributed by atoms with E-state index < -0.39 is 0 Å². The molecule has 0 bridgehead atoms. The molecule has 0 spiro atoms. The van der Waals surface area contributed by atoms with Gasteiger partial charge in [-0.3, -0.25) is 0 Å². The van der Waals surface area contributed by atoms with Gasteiger partial charge in [-0.2, -0.15) is 0 Å². The van der Waals surface area contributed by atoms with Crippen LogP contribution in [0.4, 0.5) is 0 Å². The Balaban J connectivity index is 3.42. The largest absolute Gasteiger partial charge is 0.103 e. The third-order valence-corrected chi connectivity index (χ3v) is 6.78. The lowest BCUT2D eigenvalue weighted by Gasteiger charge is -2.14. The summed E-state index contributed by atoms with van der Waals surface area (Å²) in [7, 11) is 0. The highest BCUT2D eigenvalue weighted by Gasteiger charge is 2.06. The topological polar surface area (TPSA) is 0 Å². The van der Waals surface area contributed by atoms with Crippen LogP contribution >= 0.6 is 0 Å². The Bertz CT molecular complexity index is 371. The maximum atomic E-state index is 3.93. The first kappa shape index (κ1) is 29.6. The normalized spacial score (nSPS) is 13.1. The van der Waals surface area contributed by atoms with E-state index in [9.17, 15) is 0 Å². The van der Waals surface area contributed by atoms with Crippen LogP contribution in [0, 0.1) is 37.5 Å². The molecule has 0 fully saturated rings. The lowest BCUT2D eigenvalue weighted by Crippen LogP contribution is -1.99. The van der Waals surface area contributed by atoms with Gasteiger partial charge >= 0.3 is 0 Å². The summed E-state index contributed by atoms with van der Waals surface area (Å²) in [5.74, 6) is 8.13. The van der Waals surface area contributed by atoms with Gasteiger partial charge in [0.15, 0.2) is 0 Å². The van der Waals surface area contributed by atoms with E-state index >= 15 is 0 Å². The minimum Gasteiger partial charge on any atom is -0.103 e. The zero-order chi connectivity index (χ0) is 22.1. The van der Waals surface area contributed by atoms with Crippen LogP contribution in [0.5, 0.6) is 0 Å². The van der Waals surface area contributed by atoms with Gasteiger partial charge in [0.05, 0.1) is 0 Å². The van der Waals surface area contributed by atoms with E-state index in [0.717, 1.165) is 18.8 Å². The summed E-state index contributed by atoms with van der Waals surface area (Å²) >= 11 is 0. The fourth-order valence-electron chi connectivity index (χ4n) is 4.53. The molecular formula is C30H56. The highest BCUT2D eigenvalue weighted by Crippen LogP contribution is 2.22. The molecule has 0 nitrogen and oxygen atoms in total. The first-order valence-electron chi connectivity index (χ1n) is 13.8. The summed E-state index contributed by atoms with van der Waals surface area (Å²) in [4.78, 5) is 0. The third kappa shape index (κ3) is 20.8. The van der Waals surface area contributed by atoms with Crippen LogP contribution in [0.2, 0.25) is 0 Å². The molecule has 2 atom stereocenters. The zero-order valence-electron chi connectivity index (χ0n) is 21.1. The lowest BCUT2D eigenvalue weighted by atomic mass is 9.92. The van der Waals surface area contributed by atoms with E-state index in [2.05, 4.69) is 39.5 Å². The smallest absolute Gasteiger partial charge is 0.0200 e. The van der Waals surface area contributed by atoms with Gasteiger partial charge in [-0.1, -0.05) is 149 Å². The molecule has 0 rings (SSSR count). The van der Waals surface area contributed by atoms with E-state index in [0.29, 0.717) is 5.92 Å². The minimum atomic E-state index is 0.613. The van der Waals surface area contributed by atoms with Crippen LogP contribution in [0.25, 0.3) is 0 Å². The molecule has 2 unspecified atom stereocenters. The molecule has 0 amide bonds. The average molecular weight is 417 g/mol. The number of hydrogen-bond donors (Lipinski definition) is 0. The number of rotatable bonds is 22. The Morgan fingerprint density at radius 1 is 0.533 bits per heavy atom. The van der Waals surface area contributed by atoms with Gasteiger partial charge < -0.3 is 0 Å². The molecule has 0 saturated heterocycles. The molecule has 0 saturated carbocycles. The van der Waals surface area contributed by atoms with Crippen molar-refractivity contribution in [2.24, 2.45) is 11.8 Å². The van der Waals surface area contributed by atoms with Crippen molar-refractivity contribution >= 4 is 0 Å². The second-order valence-corrected chi connectivity index (χ2v) is 9.47. The van der Waals surface area contributed by atoms with Gasteiger partial charge in [0.25, 0.3) is 0 Å². The predicted molar refractivity (Wildman–Crippen MR) is 138 cm³/mol. The van der Waals surface area contributed by atoms with Crippen molar-refractivity contribution in [1.29, 1.82) is 0 Å². The first-order valence-corrected chi connectivity index (χ1v) is 13.8. The fourth-order valence-corrected chi connectivity index (χ4v) is 4.53. The maximum absolute atomic E-state index is 3.93. The summed E-state index contributed by atoms with van der Waals surface area (Å²) in [6.07, 6.45) is 30.1. The Labute approximate surface area is 192 Å². The zero-order valence-corrected chi connectivity index (χ0v) is 21.1. The van der Waals surface area contributed by atoms with Crippen LogP contribution in [-0.4, -0.2) is 0 Å². The van der Waals surface area contributed by atoms with E-state index in [4.69, 9.17) is 0 Å². The predicted octanol–water partition coefficient (Wildman–Crippen LogP) is 10.5. The minimum absolute atomic E-state index is 0.613. The molecule has 0 heteroatoms. The molecule has 0 aromatic rings. The molecule has 0 aromatic heterocycles. The van der Waals surface area contributed by atoms with Crippen molar-refractivity contribution in [3.05, 3.63) is 13.8 Å². The van der Waals surface area contributed by atoms with Crippen LogP contribution in [0.15, 0.2) is 0 Å². The Morgan fingerprint density at radius 3 is 1.37 bits per heavy atom. The summed E-state index contributed by atoms with van der Waals surface area (Å²) in [5, 5.41) is 0. The molecule has 2 radical (unpaired) electrons. The molecule has 0 aliphatic heterocycles. The van der Waals surface area contributed by atoms with E-state index in [1.54, 1.807) is 0 Å². The lowest BCUT2D eigenvalue weighted by molar-refractivity contribution is 0.392. The number of unbranched alkanes of at least 4 members (excludes halogenated alkanes) is 14. The Hall–Kier alpha value is -0.440. The van der Waals surface area contributed by atoms with Crippen molar-refractivity contribution in [2.45, 2.75) is 155 Å². The quantitative estimate of drug-likeness (QED) is 0.122. The molecule has 0 N–H and O–H groups in total. The van der Waals surface area contributed by atoms with Crippen LogP contribution in [-0.2, 0) is 0 Å². The Morgan fingerprint density at radius 2 is 0.967 bits per heavy atom. The third-order valence-electron chi connectivity index (χ3n) is 6.78. The van der Waals surface area contributed by atoms with E-state index in [1.165, 1.54) is 128 Å². The second kappa shape index (κ2) is 24.8. The van der Waals surface area contributed by atoms with Crippen LogP contribution in [0.3, 0.4) is 0 Å². The molecule has 30 heavy (non-hydrogen) atoms. The van der Waals surface area contributed by atoms with Gasteiger partial charge in [-0.05, 0) is 25.7 Å². The average Bonchev–Trinajstić information content (AvgIpc) is 2.77. The highest BCUT2D eigenvalue weighted by molar-refractivity contribution is 5.03. The van der Waals surface area contributed by atoms with Gasteiger partial charge in [-0.25, -0.2) is 0 Å². The SMILES string of the molecule is [CH2]CC#CC(CC)CCCCCCCCCCC(CC)CCCCCCCCC[CH2]. The molecule has 176 valence electrons. The van der Waals surface area contributed by atoms with Gasteiger partial charge in [0, 0.05) is 12.3 Å². The monoisotopic (exact) mass is 416 g/mol.